The Morgan fingerprint density at radius 3 is 2.62 bits per heavy atom. The fraction of sp³-hybridized carbons (Fsp3) is 0.100. The molecule has 0 amide bonds. The van der Waals surface area contributed by atoms with Gasteiger partial charge < -0.3 is 8.60 Å². The molecule has 2 aromatic rings. The van der Waals surface area contributed by atoms with Gasteiger partial charge in [0.15, 0.2) is 0 Å². The molecule has 1 heterocycles. The number of hydrogen-bond donors (Lipinski definition) is 0. The van der Waals surface area contributed by atoms with Crippen LogP contribution >= 0.6 is 0 Å². The average Bonchev–Trinajstić information content (AvgIpc) is 2.70. The van der Waals surface area contributed by atoms with E-state index in [0.717, 1.165) is 0 Å². The van der Waals surface area contributed by atoms with Gasteiger partial charge in [0.25, 0.3) is 0 Å². The van der Waals surface area contributed by atoms with Crippen LogP contribution in [-0.2, 0) is 15.9 Å². The Kier molecular flexibility index (Phi) is 2.91. The molecule has 0 aliphatic carbocycles. The van der Waals surface area contributed by atoms with Crippen LogP contribution in [-0.4, -0.2) is 13.4 Å². The average molecular weight is 239 g/mol. The van der Waals surface area contributed by atoms with E-state index in [0.29, 0.717) is 5.56 Å². The molecule has 6 heteroatoms. The van der Waals surface area contributed by atoms with E-state index >= 15 is 0 Å². The van der Waals surface area contributed by atoms with Crippen molar-refractivity contribution in [2.45, 2.75) is 5.75 Å². The van der Waals surface area contributed by atoms with Crippen LogP contribution in [0.2, 0.25) is 0 Å². The van der Waals surface area contributed by atoms with E-state index in [2.05, 4.69) is 9.17 Å². The van der Waals surface area contributed by atoms with E-state index in [9.17, 15) is 8.42 Å². The van der Waals surface area contributed by atoms with Gasteiger partial charge in [-0.2, -0.15) is 13.4 Å². The Balaban J connectivity index is 2.09. The van der Waals surface area contributed by atoms with Crippen LogP contribution in [0.1, 0.15) is 5.56 Å². The minimum absolute atomic E-state index is 0.212. The first kappa shape index (κ1) is 10.7. The lowest BCUT2D eigenvalue weighted by Crippen LogP contribution is -2.12. The molecule has 0 atom stereocenters. The third-order valence-electron chi connectivity index (χ3n) is 1.79. The number of rotatable bonds is 4. The summed E-state index contributed by atoms with van der Waals surface area (Å²) in [6.07, 6.45) is 2.29. The first-order valence-electron chi connectivity index (χ1n) is 4.51. The molecule has 0 saturated carbocycles. The SMILES string of the molecule is O=S(=O)(Cc1ccccc1)Oc1ncco1. The molecule has 16 heavy (non-hydrogen) atoms. The molecular formula is C10H9NO4S. The van der Waals surface area contributed by atoms with Gasteiger partial charge in [0, 0.05) is 0 Å². The second-order valence-electron chi connectivity index (χ2n) is 3.07. The zero-order chi connectivity index (χ0) is 11.4. The van der Waals surface area contributed by atoms with Gasteiger partial charge in [-0.25, -0.2) is 0 Å². The van der Waals surface area contributed by atoms with Gasteiger partial charge in [-0.15, -0.1) is 0 Å². The summed E-state index contributed by atoms with van der Waals surface area (Å²) in [5, 5.41) is 0. The maximum Gasteiger partial charge on any atom is 0.409 e. The molecule has 2 rings (SSSR count). The van der Waals surface area contributed by atoms with Gasteiger partial charge in [0.05, 0.1) is 6.20 Å². The van der Waals surface area contributed by atoms with Crippen LogP contribution in [0, 0.1) is 0 Å². The Morgan fingerprint density at radius 1 is 1.25 bits per heavy atom. The van der Waals surface area contributed by atoms with Gasteiger partial charge in [0.2, 0.25) is 0 Å². The Hall–Kier alpha value is -1.82. The lowest BCUT2D eigenvalue weighted by Gasteiger charge is -2.02. The van der Waals surface area contributed by atoms with Crippen molar-refractivity contribution in [1.29, 1.82) is 0 Å². The van der Waals surface area contributed by atoms with Crippen molar-refractivity contribution in [3.63, 3.8) is 0 Å². The minimum atomic E-state index is -3.71. The molecule has 0 bridgehead atoms. The van der Waals surface area contributed by atoms with Crippen molar-refractivity contribution in [1.82, 2.24) is 4.98 Å². The fourth-order valence-electron chi connectivity index (χ4n) is 1.17. The Bertz CT molecular complexity index is 533. The number of benzene rings is 1. The number of aromatic nitrogens is 1. The van der Waals surface area contributed by atoms with E-state index in [1.165, 1.54) is 12.5 Å². The molecular weight excluding hydrogens is 230 g/mol. The van der Waals surface area contributed by atoms with Crippen molar-refractivity contribution in [3.8, 4) is 6.08 Å². The van der Waals surface area contributed by atoms with Crippen LogP contribution in [0.4, 0.5) is 0 Å². The minimum Gasteiger partial charge on any atom is -0.417 e. The molecule has 84 valence electrons. The summed E-state index contributed by atoms with van der Waals surface area (Å²) in [5.74, 6) is -0.212. The first-order valence-corrected chi connectivity index (χ1v) is 6.09. The van der Waals surface area contributed by atoms with Gasteiger partial charge in [0.1, 0.15) is 12.0 Å². The summed E-state index contributed by atoms with van der Waals surface area (Å²) >= 11 is 0. The smallest absolute Gasteiger partial charge is 0.409 e. The zero-order valence-corrected chi connectivity index (χ0v) is 9.05. The maximum absolute atomic E-state index is 11.5. The zero-order valence-electron chi connectivity index (χ0n) is 8.24. The second kappa shape index (κ2) is 4.36. The highest BCUT2D eigenvalue weighted by Crippen LogP contribution is 2.12. The quantitative estimate of drug-likeness (QED) is 0.758. The normalized spacial score (nSPS) is 11.2. The Labute approximate surface area is 92.8 Å². The molecule has 0 N–H and O–H groups in total. The highest BCUT2D eigenvalue weighted by Gasteiger charge is 2.16. The molecule has 0 aliphatic heterocycles. The van der Waals surface area contributed by atoms with E-state index in [1.807, 2.05) is 6.07 Å². The molecule has 0 unspecified atom stereocenters. The lowest BCUT2D eigenvalue weighted by atomic mass is 10.2. The van der Waals surface area contributed by atoms with Gasteiger partial charge in [-0.3, -0.25) is 0 Å². The summed E-state index contributed by atoms with van der Waals surface area (Å²) < 4.78 is 32.4. The highest BCUT2D eigenvalue weighted by molar-refractivity contribution is 7.86. The van der Waals surface area contributed by atoms with Crippen LogP contribution in [0.15, 0.2) is 47.2 Å². The van der Waals surface area contributed by atoms with Crippen LogP contribution in [0.5, 0.6) is 6.08 Å². The van der Waals surface area contributed by atoms with Gasteiger partial charge >= 0.3 is 16.2 Å². The first-order chi connectivity index (χ1) is 7.66. The van der Waals surface area contributed by atoms with Crippen molar-refractivity contribution in [3.05, 3.63) is 48.4 Å². The summed E-state index contributed by atoms with van der Waals surface area (Å²) in [5.41, 5.74) is 0.647. The van der Waals surface area contributed by atoms with Crippen molar-refractivity contribution in [2.75, 3.05) is 0 Å². The topological polar surface area (TPSA) is 69.4 Å². The van der Waals surface area contributed by atoms with E-state index in [1.54, 1.807) is 24.3 Å². The maximum atomic E-state index is 11.5. The van der Waals surface area contributed by atoms with Crippen molar-refractivity contribution >= 4 is 10.1 Å². The fourth-order valence-corrected chi connectivity index (χ4v) is 2.13. The van der Waals surface area contributed by atoms with E-state index in [-0.39, 0.29) is 11.8 Å². The predicted molar refractivity (Wildman–Crippen MR) is 56.2 cm³/mol. The Morgan fingerprint density at radius 2 is 2.00 bits per heavy atom. The van der Waals surface area contributed by atoms with Gasteiger partial charge in [-0.1, -0.05) is 30.3 Å². The number of hydrogen-bond acceptors (Lipinski definition) is 5. The summed E-state index contributed by atoms with van der Waals surface area (Å²) in [4.78, 5) is 3.57. The van der Waals surface area contributed by atoms with Crippen LogP contribution in [0.3, 0.4) is 0 Å². The molecule has 1 aromatic heterocycles. The summed E-state index contributed by atoms with van der Waals surface area (Å²) in [6, 6.07) is 8.74. The summed E-state index contributed by atoms with van der Waals surface area (Å²) in [6.45, 7) is 0. The molecule has 0 fully saturated rings. The van der Waals surface area contributed by atoms with Gasteiger partial charge in [-0.05, 0) is 5.56 Å². The molecule has 5 nitrogen and oxygen atoms in total. The van der Waals surface area contributed by atoms with Crippen LogP contribution < -0.4 is 4.18 Å². The molecule has 1 aromatic carbocycles. The van der Waals surface area contributed by atoms with Crippen LogP contribution in [0.25, 0.3) is 0 Å². The third kappa shape index (κ3) is 2.83. The summed E-state index contributed by atoms with van der Waals surface area (Å²) in [7, 11) is -3.71. The lowest BCUT2D eigenvalue weighted by molar-refractivity contribution is 0.368. The second-order valence-corrected chi connectivity index (χ2v) is 4.64. The standard InChI is InChI=1S/C10H9NO4S/c12-16(13,15-10-11-6-7-14-10)8-9-4-2-1-3-5-9/h1-7H,8H2. The predicted octanol–water partition coefficient (Wildman–Crippen LogP) is 1.58. The van der Waals surface area contributed by atoms with Crippen molar-refractivity contribution < 1.29 is 17.0 Å². The largest absolute Gasteiger partial charge is 0.417 e. The van der Waals surface area contributed by atoms with Crippen molar-refractivity contribution in [2.24, 2.45) is 0 Å². The molecule has 0 radical (unpaired) electrons. The number of oxazole rings is 1. The monoisotopic (exact) mass is 239 g/mol. The molecule has 0 spiro atoms. The molecule has 0 saturated heterocycles. The third-order valence-corrected chi connectivity index (χ3v) is 2.88. The molecule has 0 aliphatic rings. The number of nitrogens with zero attached hydrogens (tertiary/aromatic N) is 1. The van der Waals surface area contributed by atoms with E-state index in [4.69, 9.17) is 4.42 Å². The van der Waals surface area contributed by atoms with E-state index < -0.39 is 10.1 Å². The highest BCUT2D eigenvalue weighted by atomic mass is 32.2.